The van der Waals surface area contributed by atoms with E-state index in [1.54, 1.807) is 7.11 Å². The standard InChI is InChI=1S/C15H21N3O4S/c1-18(2)5-4-6-22-12-7-10-13(8-11(12)21-3)23-14(17-10)9-16-15(19)20/h7-8,16H,4-6,9H2,1-3H3,(H,19,20). The summed E-state index contributed by atoms with van der Waals surface area (Å²) in [6.45, 7) is 1.74. The number of carbonyl (C=O) groups is 1. The lowest BCUT2D eigenvalue weighted by Crippen LogP contribution is -2.19. The summed E-state index contributed by atoms with van der Waals surface area (Å²) in [4.78, 5) is 17.1. The van der Waals surface area contributed by atoms with Crippen LogP contribution in [0.4, 0.5) is 4.79 Å². The molecular weight excluding hydrogens is 318 g/mol. The fourth-order valence-electron chi connectivity index (χ4n) is 2.05. The number of carboxylic acid groups (broad SMARTS) is 1. The third kappa shape index (κ3) is 4.97. The molecule has 0 aliphatic heterocycles. The monoisotopic (exact) mass is 339 g/mol. The first-order valence-corrected chi connectivity index (χ1v) is 8.03. The molecule has 23 heavy (non-hydrogen) atoms. The van der Waals surface area contributed by atoms with Crippen molar-refractivity contribution in [2.24, 2.45) is 0 Å². The van der Waals surface area contributed by atoms with Crippen molar-refractivity contribution in [3.8, 4) is 11.5 Å². The van der Waals surface area contributed by atoms with E-state index in [9.17, 15) is 4.79 Å². The summed E-state index contributed by atoms with van der Waals surface area (Å²) in [5.74, 6) is 1.31. The van der Waals surface area contributed by atoms with Gasteiger partial charge >= 0.3 is 6.09 Å². The van der Waals surface area contributed by atoms with Crippen LogP contribution in [0, 0.1) is 0 Å². The minimum atomic E-state index is -1.06. The van der Waals surface area contributed by atoms with Crippen LogP contribution in [0.2, 0.25) is 0 Å². The number of benzene rings is 1. The smallest absolute Gasteiger partial charge is 0.405 e. The van der Waals surface area contributed by atoms with Crippen LogP contribution in [0.15, 0.2) is 12.1 Å². The molecule has 0 saturated heterocycles. The number of nitrogens with zero attached hydrogens (tertiary/aromatic N) is 2. The number of nitrogens with one attached hydrogen (secondary N) is 1. The van der Waals surface area contributed by atoms with Crippen LogP contribution in [0.3, 0.4) is 0 Å². The van der Waals surface area contributed by atoms with Gasteiger partial charge in [-0.2, -0.15) is 0 Å². The highest BCUT2D eigenvalue weighted by molar-refractivity contribution is 7.18. The third-order valence-electron chi connectivity index (χ3n) is 3.12. The average molecular weight is 339 g/mol. The zero-order valence-corrected chi connectivity index (χ0v) is 14.3. The van der Waals surface area contributed by atoms with Crippen molar-refractivity contribution in [3.05, 3.63) is 17.1 Å². The van der Waals surface area contributed by atoms with Crippen molar-refractivity contribution >= 4 is 27.6 Å². The molecule has 2 N–H and O–H groups in total. The van der Waals surface area contributed by atoms with Gasteiger partial charge < -0.3 is 24.8 Å². The first kappa shape index (κ1) is 17.3. The van der Waals surface area contributed by atoms with Crippen LogP contribution >= 0.6 is 11.3 Å². The van der Waals surface area contributed by atoms with Crippen LogP contribution in [0.5, 0.6) is 11.5 Å². The minimum absolute atomic E-state index is 0.190. The Bertz CT molecular complexity index is 672. The first-order valence-electron chi connectivity index (χ1n) is 7.21. The maximum absolute atomic E-state index is 10.6. The maximum Gasteiger partial charge on any atom is 0.405 e. The van der Waals surface area contributed by atoms with E-state index in [4.69, 9.17) is 14.6 Å². The van der Waals surface area contributed by atoms with Crippen LogP contribution in [-0.4, -0.2) is 55.4 Å². The Morgan fingerprint density at radius 3 is 2.83 bits per heavy atom. The van der Waals surface area contributed by atoms with Gasteiger partial charge in [-0.25, -0.2) is 9.78 Å². The minimum Gasteiger partial charge on any atom is -0.493 e. The molecule has 0 unspecified atom stereocenters. The van der Waals surface area contributed by atoms with E-state index in [1.807, 2.05) is 26.2 Å². The number of methoxy groups -OCH3 is 1. The summed E-state index contributed by atoms with van der Waals surface area (Å²) in [5, 5.41) is 11.7. The quantitative estimate of drug-likeness (QED) is 0.719. The van der Waals surface area contributed by atoms with Crippen molar-refractivity contribution in [3.63, 3.8) is 0 Å². The van der Waals surface area contributed by atoms with Gasteiger partial charge in [-0.15, -0.1) is 11.3 Å². The van der Waals surface area contributed by atoms with E-state index in [0.717, 1.165) is 23.2 Å². The molecule has 8 heteroatoms. The molecule has 0 radical (unpaired) electrons. The Kier molecular flexibility index (Phi) is 6.00. The van der Waals surface area contributed by atoms with Gasteiger partial charge in [0.05, 0.1) is 30.5 Å². The molecule has 7 nitrogen and oxygen atoms in total. The Hall–Kier alpha value is -2.06. The normalized spacial score (nSPS) is 11.0. The number of hydrogen-bond acceptors (Lipinski definition) is 6. The van der Waals surface area contributed by atoms with Crippen LogP contribution in [-0.2, 0) is 6.54 Å². The molecule has 0 saturated carbocycles. The lowest BCUT2D eigenvalue weighted by molar-refractivity contribution is 0.194. The molecule has 126 valence electrons. The summed E-state index contributed by atoms with van der Waals surface area (Å²) >= 11 is 1.43. The second-order valence-electron chi connectivity index (χ2n) is 5.24. The highest BCUT2D eigenvalue weighted by Crippen LogP contribution is 2.35. The fourth-order valence-corrected chi connectivity index (χ4v) is 2.96. The fraction of sp³-hybridized carbons (Fsp3) is 0.467. The predicted octanol–water partition coefficient (Wildman–Crippen LogP) is 2.40. The van der Waals surface area contributed by atoms with Crippen molar-refractivity contribution in [1.82, 2.24) is 15.2 Å². The number of hydrogen-bond donors (Lipinski definition) is 2. The molecule has 1 aromatic heterocycles. The Labute approximate surface area is 138 Å². The molecule has 2 aromatic rings. The maximum atomic E-state index is 10.6. The number of amides is 1. The van der Waals surface area contributed by atoms with E-state index >= 15 is 0 Å². The number of aromatic nitrogens is 1. The lowest BCUT2D eigenvalue weighted by atomic mass is 10.3. The second kappa shape index (κ2) is 7.98. The van der Waals surface area contributed by atoms with Gasteiger partial charge in [0.1, 0.15) is 5.01 Å². The van der Waals surface area contributed by atoms with Gasteiger partial charge in [-0.3, -0.25) is 0 Å². The van der Waals surface area contributed by atoms with E-state index < -0.39 is 6.09 Å². The van der Waals surface area contributed by atoms with Gasteiger partial charge in [-0.05, 0) is 20.5 Å². The first-order chi connectivity index (χ1) is 11.0. The summed E-state index contributed by atoms with van der Waals surface area (Å²) < 4.78 is 12.1. The molecule has 0 fully saturated rings. The summed E-state index contributed by atoms with van der Waals surface area (Å²) in [5.41, 5.74) is 0.778. The van der Waals surface area contributed by atoms with Crippen LogP contribution < -0.4 is 14.8 Å². The Morgan fingerprint density at radius 2 is 2.17 bits per heavy atom. The molecule has 1 aromatic carbocycles. The Morgan fingerprint density at radius 1 is 1.39 bits per heavy atom. The topological polar surface area (TPSA) is 83.9 Å². The van der Waals surface area contributed by atoms with Crippen LogP contribution in [0.1, 0.15) is 11.4 Å². The van der Waals surface area contributed by atoms with E-state index in [-0.39, 0.29) is 6.54 Å². The van der Waals surface area contributed by atoms with Crippen molar-refractivity contribution in [2.75, 3.05) is 34.4 Å². The molecule has 0 atom stereocenters. The van der Waals surface area contributed by atoms with Crippen molar-refractivity contribution in [2.45, 2.75) is 13.0 Å². The van der Waals surface area contributed by atoms with E-state index in [0.29, 0.717) is 23.1 Å². The van der Waals surface area contributed by atoms with Gasteiger partial charge in [0.15, 0.2) is 11.5 Å². The Balaban J connectivity index is 2.11. The number of thiazole rings is 1. The molecule has 2 rings (SSSR count). The van der Waals surface area contributed by atoms with E-state index in [1.165, 1.54) is 11.3 Å². The SMILES string of the molecule is COc1cc2sc(CNC(=O)O)nc2cc1OCCCN(C)C. The summed E-state index contributed by atoms with van der Waals surface area (Å²) in [7, 11) is 5.64. The lowest BCUT2D eigenvalue weighted by Gasteiger charge is -2.12. The summed E-state index contributed by atoms with van der Waals surface area (Å²) in [6.07, 6.45) is -0.147. The predicted molar refractivity (Wildman–Crippen MR) is 89.7 cm³/mol. The molecule has 1 amide bonds. The highest BCUT2D eigenvalue weighted by atomic mass is 32.1. The molecule has 0 spiro atoms. The van der Waals surface area contributed by atoms with Gasteiger partial charge in [-0.1, -0.05) is 0 Å². The van der Waals surface area contributed by atoms with Crippen molar-refractivity contribution in [1.29, 1.82) is 0 Å². The van der Waals surface area contributed by atoms with Crippen molar-refractivity contribution < 1.29 is 19.4 Å². The van der Waals surface area contributed by atoms with E-state index in [2.05, 4.69) is 15.2 Å². The number of ether oxygens (including phenoxy) is 2. The zero-order chi connectivity index (χ0) is 16.8. The largest absolute Gasteiger partial charge is 0.493 e. The number of rotatable bonds is 8. The number of fused-ring (bicyclic) bond motifs is 1. The average Bonchev–Trinajstić information content (AvgIpc) is 2.90. The third-order valence-corrected chi connectivity index (χ3v) is 4.13. The summed E-state index contributed by atoms with van der Waals surface area (Å²) in [6, 6.07) is 3.71. The molecule has 1 heterocycles. The molecular formula is C15H21N3O4S. The van der Waals surface area contributed by atoms with Gasteiger partial charge in [0, 0.05) is 18.7 Å². The van der Waals surface area contributed by atoms with Gasteiger partial charge in [0.2, 0.25) is 0 Å². The molecule has 0 bridgehead atoms. The molecule has 0 aliphatic carbocycles. The highest BCUT2D eigenvalue weighted by Gasteiger charge is 2.12. The van der Waals surface area contributed by atoms with Crippen LogP contribution in [0.25, 0.3) is 10.2 Å². The molecule has 0 aliphatic rings. The second-order valence-corrected chi connectivity index (χ2v) is 6.36. The zero-order valence-electron chi connectivity index (χ0n) is 13.5. The van der Waals surface area contributed by atoms with Gasteiger partial charge in [0.25, 0.3) is 0 Å².